The van der Waals surface area contributed by atoms with Crippen LogP contribution in [-0.4, -0.2) is 30.3 Å². The smallest absolute Gasteiger partial charge is 0.277 e. The van der Waals surface area contributed by atoms with Crippen LogP contribution in [0, 0.1) is 5.82 Å². The summed E-state index contributed by atoms with van der Waals surface area (Å²) in [4.78, 5) is 22.8. The zero-order chi connectivity index (χ0) is 19.3. The largest absolute Gasteiger partial charge is 0.296 e. The van der Waals surface area contributed by atoms with Gasteiger partial charge in [-0.1, -0.05) is 17.0 Å². The Hall–Kier alpha value is -2.76. The summed E-state index contributed by atoms with van der Waals surface area (Å²) >= 11 is 3.88. The van der Waals surface area contributed by atoms with E-state index >= 15 is 0 Å². The van der Waals surface area contributed by atoms with Gasteiger partial charge in [0.25, 0.3) is 5.91 Å². The highest BCUT2D eigenvalue weighted by molar-refractivity contribution is 7.99. The van der Waals surface area contributed by atoms with Crippen molar-refractivity contribution in [3.05, 3.63) is 71.9 Å². The Balaban J connectivity index is 1.64. The number of hydrogen-bond donors (Lipinski definition) is 1. The van der Waals surface area contributed by atoms with E-state index in [-0.39, 0.29) is 17.4 Å². The monoisotopic (exact) mass is 430 g/mol. The molecule has 0 aliphatic carbocycles. The third-order valence-electron chi connectivity index (χ3n) is 3.33. The van der Waals surface area contributed by atoms with E-state index in [0.717, 1.165) is 4.90 Å². The van der Waals surface area contributed by atoms with Gasteiger partial charge in [-0.2, -0.15) is 4.09 Å². The summed E-state index contributed by atoms with van der Waals surface area (Å²) in [6.07, 6.45) is 4.85. The van der Waals surface area contributed by atoms with E-state index in [9.17, 15) is 9.18 Å². The number of carbonyl (C=O) groups is 1. The lowest BCUT2D eigenvalue weighted by Gasteiger charge is -2.10. The minimum Gasteiger partial charge on any atom is -0.296 e. The lowest BCUT2D eigenvalue weighted by atomic mass is 10.3. The van der Waals surface area contributed by atoms with E-state index < -0.39 is 0 Å². The molecular formula is C17H11FN6OS3. The molecule has 1 aromatic carbocycles. The molecule has 0 saturated carbocycles. The van der Waals surface area contributed by atoms with Gasteiger partial charge in [0, 0.05) is 33.3 Å². The molecule has 1 N–H and O–H groups in total. The summed E-state index contributed by atoms with van der Waals surface area (Å²) < 4.78 is 14.7. The molecule has 0 radical (unpaired) electrons. The molecule has 0 aliphatic heterocycles. The van der Waals surface area contributed by atoms with Gasteiger partial charge in [-0.25, -0.2) is 14.4 Å². The van der Waals surface area contributed by atoms with Crippen molar-refractivity contribution in [2.45, 2.75) is 14.8 Å². The molecule has 1 amide bonds. The number of carbonyl (C=O) groups excluding carboxylic acids is 1. The predicted octanol–water partition coefficient (Wildman–Crippen LogP) is 4.23. The molecule has 4 rings (SSSR count). The summed E-state index contributed by atoms with van der Waals surface area (Å²) in [5.74, 6) is -0.690. The minimum atomic E-state index is -0.374. The first-order valence-electron chi connectivity index (χ1n) is 7.87. The molecule has 11 heteroatoms. The topological polar surface area (TPSA) is 85.6 Å². The van der Waals surface area contributed by atoms with Gasteiger partial charge in [-0.05, 0) is 36.4 Å². The SMILES string of the molecule is O=C(Nc1nccs1)c1nc(Sn2ccnn2)ccc1Sc1ccc(F)cc1. The van der Waals surface area contributed by atoms with Crippen molar-refractivity contribution >= 4 is 46.1 Å². The molecule has 0 aliphatic rings. The molecule has 0 unspecified atom stereocenters. The molecule has 7 nitrogen and oxygen atoms in total. The van der Waals surface area contributed by atoms with Crippen LogP contribution in [0.25, 0.3) is 0 Å². The highest BCUT2D eigenvalue weighted by Crippen LogP contribution is 2.32. The van der Waals surface area contributed by atoms with Crippen molar-refractivity contribution in [3.63, 3.8) is 0 Å². The maximum absolute atomic E-state index is 13.2. The average molecular weight is 431 g/mol. The summed E-state index contributed by atoms with van der Waals surface area (Å²) in [5, 5.41) is 13.2. The number of benzene rings is 1. The van der Waals surface area contributed by atoms with Gasteiger partial charge in [0.05, 0.1) is 12.4 Å². The number of pyridine rings is 1. The Bertz CT molecular complexity index is 1070. The van der Waals surface area contributed by atoms with Crippen LogP contribution in [0.4, 0.5) is 9.52 Å². The van der Waals surface area contributed by atoms with Gasteiger partial charge in [0.2, 0.25) is 0 Å². The molecular weight excluding hydrogens is 419 g/mol. The molecule has 3 heterocycles. The van der Waals surface area contributed by atoms with E-state index in [0.29, 0.717) is 15.1 Å². The Labute approximate surface area is 171 Å². The summed E-state index contributed by atoms with van der Waals surface area (Å²) in [6.45, 7) is 0. The number of aromatic nitrogens is 5. The first kappa shape index (κ1) is 18.6. The van der Waals surface area contributed by atoms with Gasteiger partial charge >= 0.3 is 0 Å². The zero-order valence-corrected chi connectivity index (χ0v) is 16.5. The first-order valence-corrected chi connectivity index (χ1v) is 10.3. The van der Waals surface area contributed by atoms with Crippen LogP contribution in [0.2, 0.25) is 0 Å². The van der Waals surface area contributed by atoms with Crippen molar-refractivity contribution in [1.29, 1.82) is 0 Å². The van der Waals surface area contributed by atoms with Gasteiger partial charge in [0.15, 0.2) is 5.13 Å². The van der Waals surface area contributed by atoms with Crippen LogP contribution in [0.15, 0.2) is 75.2 Å². The van der Waals surface area contributed by atoms with Gasteiger partial charge < -0.3 is 0 Å². The van der Waals surface area contributed by atoms with Gasteiger partial charge in [0.1, 0.15) is 16.5 Å². The number of nitrogens with zero attached hydrogens (tertiary/aromatic N) is 5. The quantitative estimate of drug-likeness (QED) is 0.490. The fourth-order valence-electron chi connectivity index (χ4n) is 2.14. The van der Waals surface area contributed by atoms with E-state index in [4.69, 9.17) is 0 Å². The van der Waals surface area contributed by atoms with Crippen LogP contribution < -0.4 is 5.32 Å². The average Bonchev–Trinajstić information content (AvgIpc) is 3.39. The standard InChI is InChI=1S/C17H11FN6OS3/c18-11-1-3-12(4-2-11)27-13-5-6-14(28-24-9-7-20-23-24)21-15(13)16(25)22-17-19-8-10-26-17/h1-10H,(H,19,22,25). The normalized spacial score (nSPS) is 10.8. The molecule has 4 aromatic rings. The van der Waals surface area contributed by atoms with Crippen LogP contribution in [0.3, 0.4) is 0 Å². The maximum atomic E-state index is 13.2. The first-order chi connectivity index (χ1) is 13.7. The number of rotatable bonds is 6. The van der Waals surface area contributed by atoms with Crippen molar-refractivity contribution in [2.24, 2.45) is 0 Å². The molecule has 28 heavy (non-hydrogen) atoms. The second kappa shape index (κ2) is 8.50. The molecule has 3 aromatic heterocycles. The van der Waals surface area contributed by atoms with Gasteiger partial charge in [-0.15, -0.1) is 16.4 Å². The van der Waals surface area contributed by atoms with Crippen LogP contribution in [-0.2, 0) is 0 Å². The Morgan fingerprint density at radius 2 is 2.00 bits per heavy atom. The number of hydrogen-bond acceptors (Lipinski definition) is 8. The Morgan fingerprint density at radius 3 is 2.71 bits per heavy atom. The van der Waals surface area contributed by atoms with Crippen LogP contribution >= 0.6 is 35.0 Å². The van der Waals surface area contributed by atoms with Crippen molar-refractivity contribution in [1.82, 2.24) is 24.4 Å². The second-order valence-electron chi connectivity index (χ2n) is 5.24. The number of nitrogens with one attached hydrogen (secondary N) is 1. The maximum Gasteiger partial charge on any atom is 0.277 e. The molecule has 0 atom stereocenters. The highest BCUT2D eigenvalue weighted by atomic mass is 32.2. The molecule has 0 saturated heterocycles. The minimum absolute atomic E-state index is 0.245. The summed E-state index contributed by atoms with van der Waals surface area (Å²) in [6, 6.07) is 9.65. The van der Waals surface area contributed by atoms with E-state index in [1.165, 1.54) is 51.3 Å². The van der Waals surface area contributed by atoms with Crippen molar-refractivity contribution < 1.29 is 9.18 Å². The lowest BCUT2D eigenvalue weighted by Crippen LogP contribution is -2.15. The second-order valence-corrected chi connectivity index (χ2v) is 8.23. The number of amides is 1. The lowest BCUT2D eigenvalue weighted by molar-refractivity contribution is 0.101. The van der Waals surface area contributed by atoms with E-state index in [2.05, 4.69) is 25.6 Å². The third kappa shape index (κ3) is 4.55. The Morgan fingerprint density at radius 1 is 1.14 bits per heavy atom. The highest BCUT2D eigenvalue weighted by Gasteiger charge is 2.17. The van der Waals surface area contributed by atoms with Crippen LogP contribution in [0.5, 0.6) is 0 Å². The molecule has 0 fully saturated rings. The summed E-state index contributed by atoms with van der Waals surface area (Å²) in [5.41, 5.74) is 0.245. The van der Waals surface area contributed by atoms with Crippen molar-refractivity contribution in [3.8, 4) is 0 Å². The number of anilines is 1. The fraction of sp³-hybridized carbons (Fsp3) is 0. The van der Waals surface area contributed by atoms with Gasteiger partial charge in [-0.3, -0.25) is 10.1 Å². The number of halogens is 1. The van der Waals surface area contributed by atoms with Crippen LogP contribution in [0.1, 0.15) is 10.5 Å². The zero-order valence-electron chi connectivity index (χ0n) is 14.0. The molecule has 0 bridgehead atoms. The molecule has 140 valence electrons. The number of thiazole rings is 1. The summed E-state index contributed by atoms with van der Waals surface area (Å²) in [7, 11) is 0. The van der Waals surface area contributed by atoms with E-state index in [1.807, 2.05) is 0 Å². The Kier molecular flexibility index (Phi) is 5.65. The molecule has 0 spiro atoms. The fourth-order valence-corrected chi connectivity index (χ4v) is 4.21. The third-order valence-corrected chi connectivity index (χ3v) is 5.87. The van der Waals surface area contributed by atoms with Crippen molar-refractivity contribution in [2.75, 3.05) is 5.32 Å². The predicted molar refractivity (Wildman–Crippen MR) is 106 cm³/mol. The van der Waals surface area contributed by atoms with E-state index in [1.54, 1.807) is 48.2 Å².